The van der Waals surface area contributed by atoms with E-state index in [4.69, 9.17) is 5.11 Å². The third-order valence-electron chi connectivity index (χ3n) is 2.88. The van der Waals surface area contributed by atoms with Gasteiger partial charge in [0, 0.05) is 6.61 Å². The van der Waals surface area contributed by atoms with Gasteiger partial charge in [0.2, 0.25) is 0 Å². The molecule has 0 aliphatic heterocycles. The first kappa shape index (κ1) is 11.0. The van der Waals surface area contributed by atoms with Gasteiger partial charge in [-0.1, -0.05) is 41.5 Å². The van der Waals surface area contributed by atoms with Crippen molar-refractivity contribution in [3.05, 3.63) is 0 Å². The topological polar surface area (TPSA) is 20.2 Å². The first-order chi connectivity index (χ1) is 4.72. The van der Waals surface area contributed by atoms with E-state index >= 15 is 0 Å². The van der Waals surface area contributed by atoms with Gasteiger partial charge in [-0.2, -0.15) is 0 Å². The average molecular weight is 158 g/mol. The second-order valence-corrected chi connectivity index (χ2v) is 5.23. The number of aliphatic hydroxyl groups is 1. The van der Waals surface area contributed by atoms with Crippen LogP contribution in [0, 0.1) is 16.7 Å². The molecule has 0 aliphatic rings. The first-order valence-corrected chi connectivity index (χ1v) is 4.32. The monoisotopic (exact) mass is 158 g/mol. The standard InChI is InChI=1S/C10H22O/c1-8(9(2,3)4)10(5,6)7-11/h8,11H,7H2,1-6H3. The molecule has 0 aromatic heterocycles. The minimum atomic E-state index is 0.0399. The van der Waals surface area contributed by atoms with Crippen molar-refractivity contribution in [2.45, 2.75) is 41.5 Å². The molecule has 11 heavy (non-hydrogen) atoms. The average Bonchev–Trinajstić information content (AvgIpc) is 1.84. The van der Waals surface area contributed by atoms with Crippen molar-refractivity contribution in [2.24, 2.45) is 16.7 Å². The van der Waals surface area contributed by atoms with Gasteiger partial charge in [-0.25, -0.2) is 0 Å². The maximum Gasteiger partial charge on any atom is 0.0484 e. The van der Waals surface area contributed by atoms with Crippen LogP contribution in [0.2, 0.25) is 0 Å². The van der Waals surface area contributed by atoms with E-state index in [0.717, 1.165) is 0 Å². The molecule has 0 saturated carbocycles. The van der Waals surface area contributed by atoms with Crippen molar-refractivity contribution < 1.29 is 5.11 Å². The van der Waals surface area contributed by atoms with E-state index in [1.54, 1.807) is 0 Å². The molecule has 0 aliphatic carbocycles. The van der Waals surface area contributed by atoms with Crippen LogP contribution < -0.4 is 0 Å². The molecule has 0 aromatic carbocycles. The molecule has 0 radical (unpaired) electrons. The van der Waals surface area contributed by atoms with Gasteiger partial charge in [0.15, 0.2) is 0 Å². The maximum absolute atomic E-state index is 9.13. The Bertz CT molecular complexity index is 119. The zero-order chi connectivity index (χ0) is 9.28. The molecular weight excluding hydrogens is 136 g/mol. The van der Waals surface area contributed by atoms with Crippen LogP contribution in [0.15, 0.2) is 0 Å². The lowest BCUT2D eigenvalue weighted by molar-refractivity contribution is 0.0423. The molecule has 1 atom stereocenters. The second-order valence-electron chi connectivity index (χ2n) is 5.23. The summed E-state index contributed by atoms with van der Waals surface area (Å²) in [5.41, 5.74) is 0.324. The molecular formula is C10H22O. The highest BCUT2D eigenvalue weighted by Gasteiger charge is 2.33. The molecule has 0 fully saturated rings. The van der Waals surface area contributed by atoms with Gasteiger partial charge in [-0.15, -0.1) is 0 Å². The summed E-state index contributed by atoms with van der Waals surface area (Å²) < 4.78 is 0. The Labute approximate surface area is 70.8 Å². The highest BCUT2D eigenvalue weighted by Crippen LogP contribution is 2.39. The van der Waals surface area contributed by atoms with E-state index in [0.29, 0.717) is 5.92 Å². The summed E-state index contributed by atoms with van der Waals surface area (Å²) in [5, 5.41) is 9.13. The Kier molecular flexibility index (Phi) is 3.13. The Balaban J connectivity index is 4.35. The van der Waals surface area contributed by atoms with Crippen molar-refractivity contribution >= 4 is 0 Å². The fraction of sp³-hybridized carbons (Fsp3) is 1.00. The highest BCUT2D eigenvalue weighted by molar-refractivity contribution is 4.82. The van der Waals surface area contributed by atoms with Crippen LogP contribution in [-0.4, -0.2) is 11.7 Å². The fourth-order valence-electron chi connectivity index (χ4n) is 1.31. The normalized spacial score (nSPS) is 16.6. The van der Waals surface area contributed by atoms with E-state index in [1.807, 2.05) is 0 Å². The highest BCUT2D eigenvalue weighted by atomic mass is 16.3. The third-order valence-corrected chi connectivity index (χ3v) is 2.88. The molecule has 0 amide bonds. The summed E-state index contributed by atoms with van der Waals surface area (Å²) in [6.07, 6.45) is 0. The van der Waals surface area contributed by atoms with Gasteiger partial charge >= 0.3 is 0 Å². The molecule has 1 heteroatoms. The Morgan fingerprint density at radius 2 is 1.45 bits per heavy atom. The smallest absolute Gasteiger partial charge is 0.0484 e. The summed E-state index contributed by atoms with van der Waals surface area (Å²) in [4.78, 5) is 0. The zero-order valence-corrected chi connectivity index (χ0v) is 8.73. The van der Waals surface area contributed by atoms with Gasteiger partial charge in [-0.05, 0) is 16.7 Å². The third kappa shape index (κ3) is 2.82. The first-order valence-electron chi connectivity index (χ1n) is 4.32. The Morgan fingerprint density at radius 3 is 1.55 bits per heavy atom. The molecule has 1 unspecified atom stereocenters. The second kappa shape index (κ2) is 3.14. The molecule has 0 saturated heterocycles. The van der Waals surface area contributed by atoms with Crippen LogP contribution in [0.3, 0.4) is 0 Å². The van der Waals surface area contributed by atoms with Crippen molar-refractivity contribution in [2.75, 3.05) is 6.61 Å². The van der Waals surface area contributed by atoms with E-state index < -0.39 is 0 Å². The molecule has 0 heterocycles. The van der Waals surface area contributed by atoms with Crippen molar-refractivity contribution in [1.82, 2.24) is 0 Å². The lowest BCUT2D eigenvalue weighted by Crippen LogP contribution is -2.34. The molecule has 0 spiro atoms. The van der Waals surface area contributed by atoms with Gasteiger partial charge in [0.1, 0.15) is 0 Å². The SMILES string of the molecule is CC(C(C)(C)C)C(C)(C)CO. The maximum atomic E-state index is 9.13. The van der Waals surface area contributed by atoms with E-state index in [9.17, 15) is 0 Å². The summed E-state index contributed by atoms with van der Waals surface area (Å²) in [6.45, 7) is 13.4. The summed E-state index contributed by atoms with van der Waals surface area (Å²) in [6, 6.07) is 0. The minimum absolute atomic E-state index is 0.0399. The lowest BCUT2D eigenvalue weighted by Gasteiger charge is -2.39. The van der Waals surface area contributed by atoms with Crippen LogP contribution >= 0.6 is 0 Å². The number of rotatable bonds is 2. The number of hydrogen-bond donors (Lipinski definition) is 1. The predicted octanol–water partition coefficient (Wildman–Crippen LogP) is 2.69. The molecule has 68 valence electrons. The molecule has 0 rings (SSSR count). The van der Waals surface area contributed by atoms with Crippen LogP contribution in [-0.2, 0) is 0 Å². The molecule has 0 aromatic rings. The largest absolute Gasteiger partial charge is 0.396 e. The fourth-order valence-corrected chi connectivity index (χ4v) is 1.31. The molecule has 1 N–H and O–H groups in total. The van der Waals surface area contributed by atoms with Gasteiger partial charge in [0.05, 0.1) is 0 Å². The number of aliphatic hydroxyl groups excluding tert-OH is 1. The lowest BCUT2D eigenvalue weighted by atomic mass is 9.67. The van der Waals surface area contributed by atoms with Gasteiger partial charge in [-0.3, -0.25) is 0 Å². The molecule has 1 nitrogen and oxygen atoms in total. The summed E-state index contributed by atoms with van der Waals surface area (Å²) in [5.74, 6) is 0.528. The quantitative estimate of drug-likeness (QED) is 0.655. The van der Waals surface area contributed by atoms with E-state index in [-0.39, 0.29) is 17.4 Å². The van der Waals surface area contributed by atoms with E-state index in [1.165, 1.54) is 0 Å². The van der Waals surface area contributed by atoms with Crippen molar-refractivity contribution in [1.29, 1.82) is 0 Å². The number of hydrogen-bond acceptors (Lipinski definition) is 1. The van der Waals surface area contributed by atoms with Crippen LogP contribution in [0.1, 0.15) is 41.5 Å². The van der Waals surface area contributed by atoms with Crippen LogP contribution in [0.5, 0.6) is 0 Å². The summed E-state index contributed by atoms with van der Waals surface area (Å²) in [7, 11) is 0. The summed E-state index contributed by atoms with van der Waals surface area (Å²) >= 11 is 0. The van der Waals surface area contributed by atoms with Gasteiger partial charge < -0.3 is 5.11 Å². The van der Waals surface area contributed by atoms with Gasteiger partial charge in [0.25, 0.3) is 0 Å². The van der Waals surface area contributed by atoms with Crippen molar-refractivity contribution in [3.8, 4) is 0 Å². The van der Waals surface area contributed by atoms with Crippen LogP contribution in [0.25, 0.3) is 0 Å². The Hall–Kier alpha value is -0.0400. The minimum Gasteiger partial charge on any atom is -0.396 e. The molecule has 0 bridgehead atoms. The predicted molar refractivity (Wildman–Crippen MR) is 49.5 cm³/mol. The van der Waals surface area contributed by atoms with E-state index in [2.05, 4.69) is 41.5 Å². The van der Waals surface area contributed by atoms with Crippen LogP contribution in [0.4, 0.5) is 0 Å². The Morgan fingerprint density at radius 1 is 1.09 bits per heavy atom. The zero-order valence-electron chi connectivity index (χ0n) is 8.73. The van der Waals surface area contributed by atoms with Crippen molar-refractivity contribution in [3.63, 3.8) is 0 Å².